The number of benzene rings is 2. The molecule has 1 amide bonds. The average Bonchev–Trinajstić information content (AvgIpc) is 3.02. The summed E-state index contributed by atoms with van der Waals surface area (Å²) in [5.41, 5.74) is 2.99. The van der Waals surface area contributed by atoms with E-state index in [0.29, 0.717) is 34.1 Å². The molecule has 6 nitrogen and oxygen atoms in total. The van der Waals surface area contributed by atoms with E-state index in [2.05, 4.69) is 10.3 Å². The largest absolute Gasteiger partial charge is 0.497 e. The number of hydrogen-bond acceptors (Lipinski definition) is 5. The third kappa shape index (κ3) is 3.24. The van der Waals surface area contributed by atoms with Gasteiger partial charge in [0.25, 0.3) is 5.91 Å². The number of nitrogens with one attached hydrogen (secondary N) is 1. The van der Waals surface area contributed by atoms with E-state index in [4.69, 9.17) is 9.47 Å². The van der Waals surface area contributed by atoms with Gasteiger partial charge in [-0.05, 0) is 48.9 Å². The van der Waals surface area contributed by atoms with Crippen molar-refractivity contribution in [1.82, 2.24) is 4.98 Å². The van der Waals surface area contributed by atoms with Gasteiger partial charge in [0.1, 0.15) is 17.3 Å². The predicted octanol–water partition coefficient (Wildman–Crippen LogP) is 4.32. The Labute approximate surface area is 167 Å². The molecule has 3 aromatic rings. The van der Waals surface area contributed by atoms with Crippen LogP contribution in [0.3, 0.4) is 0 Å². The van der Waals surface area contributed by atoms with Gasteiger partial charge < -0.3 is 14.8 Å². The van der Waals surface area contributed by atoms with Gasteiger partial charge in [-0.1, -0.05) is 6.07 Å². The molecule has 7 heteroatoms. The van der Waals surface area contributed by atoms with Crippen LogP contribution in [-0.4, -0.2) is 25.1 Å². The molecule has 0 saturated carbocycles. The highest BCUT2D eigenvalue weighted by molar-refractivity contribution is 6.11. The van der Waals surface area contributed by atoms with E-state index in [1.54, 1.807) is 54.6 Å². The molecule has 29 heavy (non-hydrogen) atoms. The van der Waals surface area contributed by atoms with E-state index in [1.165, 1.54) is 19.2 Å². The number of nitrogens with zero attached hydrogens (tertiary/aromatic N) is 2. The Morgan fingerprint density at radius 2 is 1.93 bits per heavy atom. The van der Waals surface area contributed by atoms with Crippen molar-refractivity contribution in [2.75, 3.05) is 24.4 Å². The van der Waals surface area contributed by atoms with Crippen molar-refractivity contribution < 1.29 is 18.7 Å². The minimum absolute atomic E-state index is 0.230. The highest BCUT2D eigenvalue weighted by atomic mass is 19.1. The molecule has 0 fully saturated rings. The first-order valence-corrected chi connectivity index (χ1v) is 9.06. The van der Waals surface area contributed by atoms with Crippen molar-refractivity contribution in [3.63, 3.8) is 0 Å². The number of carbonyl (C=O) groups is 1. The first-order valence-electron chi connectivity index (χ1n) is 9.06. The van der Waals surface area contributed by atoms with Crippen molar-refractivity contribution in [2.24, 2.45) is 0 Å². The molecule has 1 aliphatic heterocycles. The summed E-state index contributed by atoms with van der Waals surface area (Å²) in [6.45, 7) is 1.87. The number of aromatic nitrogens is 1. The van der Waals surface area contributed by atoms with Crippen molar-refractivity contribution in [3.8, 4) is 11.5 Å². The molecule has 0 spiro atoms. The van der Waals surface area contributed by atoms with E-state index in [1.807, 2.05) is 6.92 Å². The Balaban J connectivity index is 1.86. The molecule has 2 heterocycles. The molecule has 4 rings (SSSR count). The Hall–Kier alpha value is -3.61. The fourth-order valence-corrected chi connectivity index (χ4v) is 3.45. The SMILES string of the molecule is COc1ccc(OC)c(N2C(=O)c3cccnc3C2Nc2cc(F)ccc2C)c1. The van der Waals surface area contributed by atoms with Crippen LogP contribution in [0.25, 0.3) is 0 Å². The van der Waals surface area contributed by atoms with E-state index in [-0.39, 0.29) is 11.7 Å². The molecule has 1 unspecified atom stereocenters. The number of aryl methyl sites for hydroxylation is 1. The number of anilines is 2. The van der Waals surface area contributed by atoms with Gasteiger partial charge in [-0.3, -0.25) is 14.7 Å². The Kier molecular flexibility index (Phi) is 4.80. The fraction of sp³-hybridized carbons (Fsp3) is 0.182. The van der Waals surface area contributed by atoms with Crippen molar-refractivity contribution >= 4 is 17.3 Å². The number of halogens is 1. The van der Waals surface area contributed by atoms with Crippen molar-refractivity contribution in [2.45, 2.75) is 13.1 Å². The molecule has 148 valence electrons. The molecule has 0 bridgehead atoms. The molecule has 0 saturated heterocycles. The zero-order chi connectivity index (χ0) is 20.5. The highest BCUT2D eigenvalue weighted by Crippen LogP contribution is 2.42. The van der Waals surface area contributed by atoms with Gasteiger partial charge in [-0.15, -0.1) is 0 Å². The predicted molar refractivity (Wildman–Crippen MR) is 108 cm³/mol. The summed E-state index contributed by atoms with van der Waals surface area (Å²) >= 11 is 0. The standard InChI is InChI=1S/C22H20FN3O3/c1-13-6-7-14(23)11-17(13)25-21-20-16(5-4-10-24-20)22(27)26(21)18-12-15(28-2)8-9-19(18)29-3/h4-12,21,25H,1-3H3. The molecule has 1 atom stereocenters. The van der Waals surface area contributed by atoms with Gasteiger partial charge in [0.2, 0.25) is 0 Å². The Morgan fingerprint density at radius 3 is 2.69 bits per heavy atom. The maximum Gasteiger partial charge on any atom is 0.262 e. The molecule has 1 aliphatic rings. The third-order valence-corrected chi connectivity index (χ3v) is 4.94. The lowest BCUT2D eigenvalue weighted by Gasteiger charge is -2.28. The second-order valence-electron chi connectivity index (χ2n) is 6.66. The van der Waals surface area contributed by atoms with E-state index in [9.17, 15) is 9.18 Å². The number of rotatable bonds is 5. The van der Waals surface area contributed by atoms with Gasteiger partial charge in [-0.2, -0.15) is 0 Å². The Bertz CT molecular complexity index is 1090. The average molecular weight is 393 g/mol. The van der Waals surface area contributed by atoms with Crippen LogP contribution >= 0.6 is 0 Å². The van der Waals surface area contributed by atoms with Crippen molar-refractivity contribution in [1.29, 1.82) is 0 Å². The molecule has 0 radical (unpaired) electrons. The lowest BCUT2D eigenvalue weighted by Crippen LogP contribution is -2.33. The number of hydrogen-bond donors (Lipinski definition) is 1. The second-order valence-corrected chi connectivity index (χ2v) is 6.66. The van der Waals surface area contributed by atoms with Crippen LogP contribution in [0.2, 0.25) is 0 Å². The molecular weight excluding hydrogens is 373 g/mol. The maximum atomic E-state index is 13.9. The topological polar surface area (TPSA) is 63.7 Å². The van der Waals surface area contributed by atoms with Crippen LogP contribution in [0.15, 0.2) is 54.7 Å². The number of methoxy groups -OCH3 is 2. The minimum Gasteiger partial charge on any atom is -0.497 e. The van der Waals surface area contributed by atoms with E-state index >= 15 is 0 Å². The van der Waals surface area contributed by atoms with Gasteiger partial charge in [0.15, 0.2) is 6.17 Å². The summed E-state index contributed by atoms with van der Waals surface area (Å²) in [5.74, 6) is 0.494. The number of fused-ring (bicyclic) bond motifs is 1. The molecule has 1 N–H and O–H groups in total. The van der Waals surface area contributed by atoms with Crippen LogP contribution < -0.4 is 19.7 Å². The Morgan fingerprint density at radius 1 is 1.10 bits per heavy atom. The van der Waals surface area contributed by atoms with Crippen LogP contribution in [0.1, 0.15) is 27.8 Å². The molecule has 0 aliphatic carbocycles. The lowest BCUT2D eigenvalue weighted by molar-refractivity contribution is 0.0992. The summed E-state index contributed by atoms with van der Waals surface area (Å²) in [4.78, 5) is 19.3. The maximum absolute atomic E-state index is 13.9. The fourth-order valence-electron chi connectivity index (χ4n) is 3.45. The highest BCUT2D eigenvalue weighted by Gasteiger charge is 2.40. The van der Waals surface area contributed by atoms with Crippen LogP contribution in [0.4, 0.5) is 15.8 Å². The number of ether oxygens (including phenoxy) is 2. The minimum atomic E-state index is -0.639. The smallest absolute Gasteiger partial charge is 0.262 e. The lowest BCUT2D eigenvalue weighted by atomic mass is 10.1. The molecule has 1 aromatic heterocycles. The first kappa shape index (κ1) is 18.7. The van der Waals surface area contributed by atoms with E-state index < -0.39 is 6.17 Å². The van der Waals surface area contributed by atoms with E-state index in [0.717, 1.165) is 5.56 Å². The van der Waals surface area contributed by atoms with Gasteiger partial charge >= 0.3 is 0 Å². The monoisotopic (exact) mass is 393 g/mol. The quantitative estimate of drug-likeness (QED) is 0.700. The summed E-state index contributed by atoms with van der Waals surface area (Å²) in [7, 11) is 3.09. The van der Waals surface area contributed by atoms with Crippen molar-refractivity contribution in [3.05, 3.63) is 77.4 Å². The first-order chi connectivity index (χ1) is 14.0. The third-order valence-electron chi connectivity index (χ3n) is 4.94. The van der Waals surface area contributed by atoms with Crippen LogP contribution in [0.5, 0.6) is 11.5 Å². The number of amides is 1. The second kappa shape index (κ2) is 7.43. The van der Waals surface area contributed by atoms with Gasteiger partial charge in [-0.25, -0.2) is 4.39 Å². The molecular formula is C22H20FN3O3. The van der Waals surface area contributed by atoms with Crippen LogP contribution in [-0.2, 0) is 0 Å². The number of pyridine rings is 1. The number of carbonyl (C=O) groups excluding carboxylic acids is 1. The summed E-state index contributed by atoms with van der Waals surface area (Å²) in [6.07, 6.45) is 0.992. The zero-order valence-corrected chi connectivity index (χ0v) is 16.3. The zero-order valence-electron chi connectivity index (χ0n) is 16.3. The summed E-state index contributed by atoms with van der Waals surface area (Å²) < 4.78 is 24.7. The van der Waals surface area contributed by atoms with Gasteiger partial charge in [0, 0.05) is 18.0 Å². The summed E-state index contributed by atoms with van der Waals surface area (Å²) in [6, 6.07) is 13.2. The van der Waals surface area contributed by atoms with Crippen LogP contribution in [0, 0.1) is 12.7 Å². The summed E-state index contributed by atoms with van der Waals surface area (Å²) in [5, 5.41) is 3.28. The normalized spacial score (nSPS) is 15.2. The molecule has 2 aromatic carbocycles. The van der Waals surface area contributed by atoms with Gasteiger partial charge in [0.05, 0.1) is 31.2 Å².